The van der Waals surface area contributed by atoms with E-state index in [1.54, 1.807) is 0 Å². The maximum absolute atomic E-state index is 15.8. The Bertz CT molecular complexity index is 1760. The molecule has 2 unspecified atom stereocenters. The summed E-state index contributed by atoms with van der Waals surface area (Å²) in [6.45, 7) is -1.44. The number of hydrogen-bond donors (Lipinski definition) is 3. The molecule has 43 heavy (non-hydrogen) atoms. The highest BCUT2D eigenvalue weighted by Gasteiger charge is 2.56. The zero-order valence-electron chi connectivity index (χ0n) is 21.4. The first-order valence-electron chi connectivity index (χ1n) is 12.5. The Hall–Kier alpha value is -3.39. The summed E-state index contributed by atoms with van der Waals surface area (Å²) in [4.78, 5) is 34.4. The van der Waals surface area contributed by atoms with E-state index < -0.39 is 78.5 Å². The number of phosphoric acid groups is 1. The number of rotatable bonds is 2. The smallest absolute Gasteiger partial charge is 0.382 e. The minimum Gasteiger partial charge on any atom is -0.382 e. The van der Waals surface area contributed by atoms with Crippen LogP contribution in [0, 0.1) is 0 Å². The number of anilines is 2. The van der Waals surface area contributed by atoms with Crippen molar-refractivity contribution in [3.05, 3.63) is 25.3 Å². The zero-order valence-corrected chi connectivity index (χ0v) is 23.2. The van der Waals surface area contributed by atoms with Gasteiger partial charge in [-0.15, -0.1) is 9.05 Å². The Morgan fingerprint density at radius 2 is 1.40 bits per heavy atom. The summed E-state index contributed by atoms with van der Waals surface area (Å²) in [5.74, 6) is 0.0725. The van der Waals surface area contributed by atoms with Gasteiger partial charge in [-0.2, -0.15) is 0 Å². The van der Waals surface area contributed by atoms with Gasteiger partial charge in [0.05, 0.1) is 19.3 Å². The monoisotopic (exact) mass is 645 g/mol. The molecular formula is C20H21F2N10O9P2+. The Morgan fingerprint density at radius 3 is 1.98 bits per heavy atom. The minimum atomic E-state index is -5.05. The third kappa shape index (κ3) is 4.91. The average Bonchev–Trinajstić information content (AvgIpc) is 3.73. The Morgan fingerprint density at radius 1 is 0.860 bits per heavy atom. The molecule has 228 valence electrons. The van der Waals surface area contributed by atoms with Crippen molar-refractivity contribution >= 4 is 50.0 Å². The van der Waals surface area contributed by atoms with Crippen LogP contribution in [0.15, 0.2) is 25.3 Å². The number of aromatic nitrogens is 8. The lowest BCUT2D eigenvalue weighted by atomic mass is 10.1. The maximum Gasteiger partial charge on any atom is 0.697 e. The maximum atomic E-state index is 15.8. The van der Waals surface area contributed by atoms with Crippen molar-refractivity contribution < 1.29 is 50.4 Å². The highest BCUT2D eigenvalue weighted by Crippen LogP contribution is 2.51. The summed E-state index contributed by atoms with van der Waals surface area (Å²) in [5.41, 5.74) is 12.2. The van der Waals surface area contributed by atoms with Gasteiger partial charge < -0.3 is 25.8 Å². The van der Waals surface area contributed by atoms with Crippen molar-refractivity contribution in [3.8, 4) is 0 Å². The normalized spacial score (nSPS) is 36.3. The number of phosphoric ester groups is 1. The first-order valence-corrected chi connectivity index (χ1v) is 15.1. The fraction of sp³-hybridized carbons (Fsp3) is 0.500. The summed E-state index contributed by atoms with van der Waals surface area (Å²) in [6, 6.07) is 0. The van der Waals surface area contributed by atoms with E-state index in [0.29, 0.717) is 0 Å². The summed E-state index contributed by atoms with van der Waals surface area (Å²) >= 11 is 0. The van der Waals surface area contributed by atoms with Crippen molar-refractivity contribution in [3.63, 3.8) is 0 Å². The molecule has 0 amide bonds. The molecule has 5 N–H and O–H groups in total. The van der Waals surface area contributed by atoms with E-state index in [2.05, 4.69) is 29.9 Å². The molecule has 0 spiro atoms. The van der Waals surface area contributed by atoms with Gasteiger partial charge in [-0.1, -0.05) is 0 Å². The van der Waals surface area contributed by atoms with E-state index in [-0.39, 0.29) is 34.0 Å². The molecule has 0 bridgehead atoms. The van der Waals surface area contributed by atoms with E-state index in [0.717, 1.165) is 12.7 Å². The Balaban J connectivity index is 1.14. The van der Waals surface area contributed by atoms with Crippen molar-refractivity contribution in [1.82, 2.24) is 39.0 Å². The lowest BCUT2D eigenvalue weighted by Gasteiger charge is -2.23. The van der Waals surface area contributed by atoms with E-state index in [9.17, 15) is 14.0 Å². The van der Waals surface area contributed by atoms with Gasteiger partial charge in [-0.05, 0) is 0 Å². The van der Waals surface area contributed by atoms with E-state index in [4.69, 9.17) is 39.0 Å². The minimum absolute atomic E-state index is 0.0328. The number of nitrogens with zero attached hydrogens (tertiary/aromatic N) is 8. The topological polar surface area (TPSA) is 249 Å². The van der Waals surface area contributed by atoms with Gasteiger partial charge >= 0.3 is 16.1 Å². The van der Waals surface area contributed by atoms with Gasteiger partial charge in [0.25, 0.3) is 0 Å². The summed E-state index contributed by atoms with van der Waals surface area (Å²) in [7, 11) is -8.10. The third-order valence-electron chi connectivity index (χ3n) is 7.07. The molecule has 0 saturated carbocycles. The lowest BCUT2D eigenvalue weighted by molar-refractivity contribution is -0.0600. The number of hydrogen-bond acceptors (Lipinski definition) is 16. The van der Waals surface area contributed by atoms with Crippen LogP contribution in [0.2, 0.25) is 0 Å². The fourth-order valence-corrected chi connectivity index (χ4v) is 6.82. The molecule has 3 saturated heterocycles. The molecule has 7 rings (SSSR count). The van der Waals surface area contributed by atoms with Crippen LogP contribution in [-0.4, -0.2) is 93.9 Å². The summed E-state index contributed by atoms with van der Waals surface area (Å²) in [5, 5.41) is 0. The molecule has 4 aromatic heterocycles. The molecule has 0 aliphatic carbocycles. The number of imidazole rings is 2. The van der Waals surface area contributed by atoms with Gasteiger partial charge in [0.2, 0.25) is 0 Å². The molecule has 10 atom stereocenters. The number of nitrogens with two attached hydrogens (primary N) is 2. The van der Waals surface area contributed by atoms with Gasteiger partial charge in [0.1, 0.15) is 48.6 Å². The molecule has 0 radical (unpaired) electrons. The molecule has 23 heteroatoms. The second-order valence-electron chi connectivity index (χ2n) is 9.61. The summed E-state index contributed by atoms with van der Waals surface area (Å²) in [6.07, 6.45) is -8.57. The van der Waals surface area contributed by atoms with E-state index in [1.807, 2.05) is 0 Å². The zero-order chi connectivity index (χ0) is 30.0. The average molecular weight is 645 g/mol. The number of nitrogen functional groups attached to an aromatic ring is 2. The van der Waals surface area contributed by atoms with E-state index in [1.165, 1.54) is 21.8 Å². The highest BCUT2D eigenvalue weighted by atomic mass is 31.2. The molecule has 3 aliphatic rings. The molecule has 3 aliphatic heterocycles. The van der Waals surface area contributed by atoms with Crippen LogP contribution in [0.25, 0.3) is 22.3 Å². The number of alkyl halides is 2. The Labute approximate surface area is 239 Å². The summed E-state index contributed by atoms with van der Waals surface area (Å²) < 4.78 is 92.0. The second-order valence-corrected chi connectivity index (χ2v) is 11.9. The van der Waals surface area contributed by atoms with Gasteiger partial charge in [-0.25, -0.2) is 43.2 Å². The standard InChI is InChI=1S/C20H20F2N10O9P2/c21-9-13-8(39-19(9)31-5-29-11-15(23)25-3-27-17(11)31)2-37-43(34,35)41-14-7(1-36-42(33)40-13)38-20(10(14)22)32-6-30-12-16(24)26-4-28-18(12)32/h3-10,13-14,19-20H,1-2H2,(H4-,23,24,25,26,27,28,34,35)/p+1/t7-,8-,9-,10-,13-,14-,19-,20-/m1/s1. The predicted molar refractivity (Wildman–Crippen MR) is 136 cm³/mol. The quantitative estimate of drug-likeness (QED) is 0.256. The highest BCUT2D eigenvalue weighted by molar-refractivity contribution is 7.47. The van der Waals surface area contributed by atoms with Gasteiger partial charge in [0, 0.05) is 4.57 Å². The molecule has 7 heterocycles. The second kappa shape index (κ2) is 10.7. The largest absolute Gasteiger partial charge is 0.697 e. The third-order valence-corrected chi connectivity index (χ3v) is 8.83. The SMILES string of the molecule is Nc1ncnc2c1ncn2[C@@H]1O[C@@H]2COP(=O)(O)O[C@H]3[C@@H](F)[C@H](n4cnc5c(N)ncnc54)O[C@@H]3CO[P+](=O)O[C@H]2[C@H]1F. The van der Waals surface area contributed by atoms with Crippen LogP contribution in [0.4, 0.5) is 20.4 Å². The van der Waals surface area contributed by atoms with Crippen LogP contribution in [0.3, 0.4) is 0 Å². The molecule has 4 aromatic rings. The van der Waals surface area contributed by atoms with Crippen molar-refractivity contribution in [2.75, 3.05) is 24.7 Å². The predicted octanol–water partition coefficient (Wildman–Crippen LogP) is 0.877. The van der Waals surface area contributed by atoms with Crippen LogP contribution < -0.4 is 11.5 Å². The number of halogens is 2. The first-order chi connectivity index (χ1) is 20.6. The molecular weight excluding hydrogens is 624 g/mol. The van der Waals surface area contributed by atoms with Crippen molar-refractivity contribution in [2.24, 2.45) is 0 Å². The first kappa shape index (κ1) is 28.4. The van der Waals surface area contributed by atoms with Crippen LogP contribution in [-0.2, 0) is 36.7 Å². The van der Waals surface area contributed by atoms with Crippen LogP contribution in [0.5, 0.6) is 0 Å². The van der Waals surface area contributed by atoms with Gasteiger partial charge in [0.15, 0.2) is 53.8 Å². The van der Waals surface area contributed by atoms with Crippen LogP contribution >= 0.6 is 16.1 Å². The molecule has 19 nitrogen and oxygen atoms in total. The fourth-order valence-electron chi connectivity index (χ4n) is 5.08. The van der Waals surface area contributed by atoms with Crippen molar-refractivity contribution in [2.45, 2.75) is 49.2 Å². The van der Waals surface area contributed by atoms with Crippen LogP contribution in [0.1, 0.15) is 12.5 Å². The molecule has 3 fully saturated rings. The van der Waals surface area contributed by atoms with Gasteiger partial charge in [-0.3, -0.25) is 18.2 Å². The molecule has 0 aromatic carbocycles. The Kier molecular flexibility index (Phi) is 7.03. The van der Waals surface area contributed by atoms with E-state index >= 15 is 8.78 Å². The number of fused-ring (bicyclic) bond motifs is 4. The lowest BCUT2D eigenvalue weighted by Crippen LogP contribution is -2.36. The number of ether oxygens (including phenoxy) is 2. The van der Waals surface area contributed by atoms with Crippen molar-refractivity contribution in [1.29, 1.82) is 0 Å².